The first kappa shape index (κ1) is 30.5. The van der Waals surface area contributed by atoms with E-state index in [1.54, 1.807) is 0 Å². The Morgan fingerprint density at radius 2 is 1.84 bits per heavy atom. The summed E-state index contributed by atoms with van der Waals surface area (Å²) in [5.41, 5.74) is 5.82. The third-order valence-electron chi connectivity index (χ3n) is 5.88. The molecule has 0 bridgehead atoms. The lowest BCUT2D eigenvalue weighted by Gasteiger charge is -2.32. The van der Waals surface area contributed by atoms with Crippen LogP contribution in [-0.4, -0.2) is 74.4 Å². The van der Waals surface area contributed by atoms with E-state index < -0.39 is 17.7 Å². The van der Waals surface area contributed by atoms with Gasteiger partial charge < -0.3 is 30.6 Å². The number of hydrogen-bond acceptors (Lipinski definition) is 8. The molecular weight excluding hydrogens is 500 g/mol. The van der Waals surface area contributed by atoms with Crippen molar-refractivity contribution in [1.29, 1.82) is 0 Å². The molecule has 208 valence electrons. The zero-order valence-corrected chi connectivity index (χ0v) is 23.1. The van der Waals surface area contributed by atoms with Crippen molar-refractivity contribution in [3.05, 3.63) is 22.7 Å². The van der Waals surface area contributed by atoms with E-state index in [4.69, 9.17) is 31.5 Å². The number of likely N-dealkylation sites (tertiary alicyclic amines) is 1. The molecule has 11 heteroatoms. The molecule has 1 fully saturated rings. The molecule has 0 atom stereocenters. The Balaban J connectivity index is 1.56. The molecule has 1 aliphatic heterocycles. The normalized spacial score (nSPS) is 14.6. The van der Waals surface area contributed by atoms with Crippen LogP contribution in [0.2, 0.25) is 5.02 Å². The highest BCUT2D eigenvalue weighted by molar-refractivity contribution is 6.33. The van der Waals surface area contributed by atoms with E-state index in [1.165, 1.54) is 19.2 Å². The van der Waals surface area contributed by atoms with Gasteiger partial charge in [0.2, 0.25) is 5.91 Å². The van der Waals surface area contributed by atoms with Crippen molar-refractivity contribution in [3.63, 3.8) is 0 Å². The number of nitrogens with one attached hydrogen (secondary N) is 2. The smallest absolute Gasteiger partial charge is 0.407 e. The second-order valence-electron chi connectivity index (χ2n) is 10.1. The van der Waals surface area contributed by atoms with Crippen molar-refractivity contribution >= 4 is 35.3 Å². The SMILES string of the molecule is COc1cc(N)c(Cl)cc1C(=O)OCCN1CCC(NC(=O)CCCCCNC(=O)OC(C)(C)C)CC1. The Kier molecular flexibility index (Phi) is 12.3. The number of carbonyl (C=O) groups excluding carboxylic acids is 3. The number of carbonyl (C=O) groups is 3. The zero-order chi connectivity index (χ0) is 27.4. The van der Waals surface area contributed by atoms with Crippen LogP contribution >= 0.6 is 11.6 Å². The Morgan fingerprint density at radius 3 is 2.49 bits per heavy atom. The number of nitrogen functional groups attached to an aromatic ring is 1. The van der Waals surface area contributed by atoms with Crippen molar-refractivity contribution in [3.8, 4) is 5.75 Å². The summed E-state index contributed by atoms with van der Waals surface area (Å²) in [5.74, 6) is -0.133. The highest BCUT2D eigenvalue weighted by atomic mass is 35.5. The molecule has 1 heterocycles. The number of anilines is 1. The number of nitrogens with zero attached hydrogens (tertiary/aromatic N) is 1. The van der Waals surface area contributed by atoms with Gasteiger partial charge in [0, 0.05) is 44.7 Å². The topological polar surface area (TPSA) is 132 Å². The lowest BCUT2D eigenvalue weighted by molar-refractivity contribution is -0.122. The summed E-state index contributed by atoms with van der Waals surface area (Å²) < 4.78 is 15.8. The van der Waals surface area contributed by atoms with E-state index in [-0.39, 0.29) is 29.1 Å². The largest absolute Gasteiger partial charge is 0.496 e. The Morgan fingerprint density at radius 1 is 1.14 bits per heavy atom. The zero-order valence-electron chi connectivity index (χ0n) is 22.4. The van der Waals surface area contributed by atoms with Gasteiger partial charge >= 0.3 is 12.1 Å². The number of unbranched alkanes of at least 4 members (excludes halogenated alkanes) is 2. The molecule has 2 amide bonds. The van der Waals surface area contributed by atoms with Gasteiger partial charge in [0.15, 0.2) is 0 Å². The number of alkyl carbamates (subject to hydrolysis) is 1. The Labute approximate surface area is 224 Å². The molecule has 4 N–H and O–H groups in total. The molecule has 1 aromatic carbocycles. The molecule has 0 aromatic heterocycles. The molecule has 10 nitrogen and oxygen atoms in total. The van der Waals surface area contributed by atoms with Crippen LogP contribution in [0.4, 0.5) is 10.5 Å². The van der Waals surface area contributed by atoms with Gasteiger partial charge in [0.25, 0.3) is 0 Å². The summed E-state index contributed by atoms with van der Waals surface area (Å²) in [4.78, 5) is 38.5. The van der Waals surface area contributed by atoms with Gasteiger partial charge in [-0.05, 0) is 52.5 Å². The Bertz CT molecular complexity index is 913. The minimum atomic E-state index is -0.512. The van der Waals surface area contributed by atoms with Gasteiger partial charge in [-0.2, -0.15) is 0 Å². The molecule has 0 spiro atoms. The highest BCUT2D eigenvalue weighted by Crippen LogP contribution is 2.29. The number of nitrogens with two attached hydrogens (primary N) is 1. The average Bonchev–Trinajstić information content (AvgIpc) is 2.82. The first-order chi connectivity index (χ1) is 17.5. The minimum Gasteiger partial charge on any atom is -0.496 e. The molecule has 37 heavy (non-hydrogen) atoms. The first-order valence-corrected chi connectivity index (χ1v) is 13.1. The molecule has 0 aliphatic carbocycles. The Hall–Kier alpha value is -2.72. The fourth-order valence-corrected chi connectivity index (χ4v) is 4.10. The molecule has 1 aliphatic rings. The van der Waals surface area contributed by atoms with E-state index in [0.29, 0.717) is 30.9 Å². The van der Waals surface area contributed by atoms with Crippen molar-refractivity contribution in [2.45, 2.75) is 70.9 Å². The van der Waals surface area contributed by atoms with E-state index in [1.807, 2.05) is 20.8 Å². The van der Waals surface area contributed by atoms with E-state index in [9.17, 15) is 14.4 Å². The van der Waals surface area contributed by atoms with Crippen LogP contribution in [0, 0.1) is 0 Å². The summed E-state index contributed by atoms with van der Waals surface area (Å²) in [6, 6.07) is 3.11. The van der Waals surface area contributed by atoms with Crippen LogP contribution in [0.1, 0.15) is 69.7 Å². The predicted molar refractivity (Wildman–Crippen MR) is 143 cm³/mol. The van der Waals surface area contributed by atoms with Gasteiger partial charge in [-0.15, -0.1) is 0 Å². The van der Waals surface area contributed by atoms with Crippen LogP contribution in [0.5, 0.6) is 5.75 Å². The first-order valence-electron chi connectivity index (χ1n) is 12.8. The number of amides is 2. The quantitative estimate of drug-likeness (QED) is 0.207. The lowest BCUT2D eigenvalue weighted by Crippen LogP contribution is -2.45. The summed E-state index contributed by atoms with van der Waals surface area (Å²) in [7, 11) is 1.45. The monoisotopic (exact) mass is 540 g/mol. The maximum Gasteiger partial charge on any atom is 0.407 e. The molecule has 1 saturated heterocycles. The van der Waals surface area contributed by atoms with Gasteiger partial charge in [-0.3, -0.25) is 9.69 Å². The number of rotatable bonds is 12. The number of piperidine rings is 1. The van der Waals surface area contributed by atoms with Crippen molar-refractivity contribution in [2.24, 2.45) is 0 Å². The number of benzene rings is 1. The third-order valence-corrected chi connectivity index (χ3v) is 6.21. The summed E-state index contributed by atoms with van der Waals surface area (Å²) in [6.07, 6.45) is 4.18. The number of ether oxygens (including phenoxy) is 3. The maximum atomic E-state index is 12.4. The fourth-order valence-electron chi connectivity index (χ4n) is 3.94. The highest BCUT2D eigenvalue weighted by Gasteiger charge is 2.22. The third kappa shape index (κ3) is 11.5. The number of methoxy groups -OCH3 is 1. The predicted octanol–water partition coefficient (Wildman–Crippen LogP) is 3.75. The number of esters is 1. The second-order valence-corrected chi connectivity index (χ2v) is 10.5. The molecule has 0 saturated carbocycles. The molecule has 0 radical (unpaired) electrons. The number of halogens is 1. The van der Waals surface area contributed by atoms with E-state index in [0.717, 1.165) is 45.2 Å². The van der Waals surface area contributed by atoms with E-state index in [2.05, 4.69) is 15.5 Å². The maximum absolute atomic E-state index is 12.4. The van der Waals surface area contributed by atoms with Crippen molar-refractivity contribution < 1.29 is 28.6 Å². The minimum absolute atomic E-state index is 0.0589. The molecule has 0 unspecified atom stereocenters. The van der Waals surface area contributed by atoms with Crippen molar-refractivity contribution in [2.75, 3.05) is 45.6 Å². The van der Waals surface area contributed by atoms with Gasteiger partial charge in [-0.1, -0.05) is 18.0 Å². The standard InChI is InChI=1S/C26H41ClN4O6/c1-26(2,3)37-25(34)29-11-7-5-6-8-23(32)30-18-9-12-31(13-10-18)14-15-36-24(33)19-16-20(27)21(28)17-22(19)35-4/h16-18H,5-15,28H2,1-4H3,(H,29,34)(H,30,32). The van der Waals surface area contributed by atoms with Crippen LogP contribution in [0.15, 0.2) is 12.1 Å². The lowest BCUT2D eigenvalue weighted by atomic mass is 10.0. The molecular formula is C26H41ClN4O6. The van der Waals surface area contributed by atoms with Crippen LogP contribution in [0.3, 0.4) is 0 Å². The molecule has 2 rings (SSSR count). The fraction of sp³-hybridized carbons (Fsp3) is 0.654. The van der Waals surface area contributed by atoms with Gasteiger partial charge in [-0.25, -0.2) is 9.59 Å². The van der Waals surface area contributed by atoms with Crippen LogP contribution < -0.4 is 21.1 Å². The molecule has 1 aromatic rings. The summed E-state index contributed by atoms with van der Waals surface area (Å²) in [5, 5.41) is 6.11. The second kappa shape index (κ2) is 14.9. The van der Waals surface area contributed by atoms with Gasteiger partial charge in [0.05, 0.1) is 17.8 Å². The van der Waals surface area contributed by atoms with Crippen molar-refractivity contribution in [1.82, 2.24) is 15.5 Å². The summed E-state index contributed by atoms with van der Waals surface area (Å²) >= 11 is 6.02. The average molecular weight is 541 g/mol. The van der Waals surface area contributed by atoms with Gasteiger partial charge in [0.1, 0.15) is 23.5 Å². The van der Waals surface area contributed by atoms with Crippen LogP contribution in [-0.2, 0) is 14.3 Å². The number of hydrogen-bond donors (Lipinski definition) is 3. The summed E-state index contributed by atoms with van der Waals surface area (Å²) in [6.45, 7) is 8.48. The van der Waals surface area contributed by atoms with E-state index >= 15 is 0 Å². The van der Waals surface area contributed by atoms with Crippen LogP contribution in [0.25, 0.3) is 0 Å².